The Kier molecular flexibility index (Phi) is 18.1. The molecule has 262 valence electrons. The molecule has 47 heavy (non-hydrogen) atoms. The Hall–Kier alpha value is -4.77. The number of hydrogen-bond acceptors (Lipinski definition) is 9. The second-order valence-corrected chi connectivity index (χ2v) is 11.5. The number of aliphatic imine (C=N–C) groups is 1. The first-order valence-electron chi connectivity index (χ1n) is 15.5. The van der Waals surface area contributed by atoms with E-state index in [0.29, 0.717) is 25.8 Å². The summed E-state index contributed by atoms with van der Waals surface area (Å²) >= 11 is 0. The van der Waals surface area contributed by atoms with Gasteiger partial charge in [0.25, 0.3) is 0 Å². The van der Waals surface area contributed by atoms with Gasteiger partial charge in [0.15, 0.2) is 5.96 Å². The number of unbranched alkanes of at least 4 members (excludes halogenated alkanes) is 1. The first-order valence-corrected chi connectivity index (χ1v) is 15.5. The zero-order chi connectivity index (χ0) is 35.5. The van der Waals surface area contributed by atoms with Gasteiger partial charge in [0, 0.05) is 13.0 Å². The summed E-state index contributed by atoms with van der Waals surface area (Å²) in [5, 5.41) is 10.2. The highest BCUT2D eigenvalue weighted by Crippen LogP contribution is 2.09. The van der Waals surface area contributed by atoms with E-state index in [9.17, 15) is 28.8 Å². The van der Waals surface area contributed by atoms with E-state index in [1.807, 2.05) is 0 Å². The van der Waals surface area contributed by atoms with E-state index < -0.39 is 78.0 Å². The lowest BCUT2D eigenvalue weighted by molar-refractivity contribution is -0.136. The summed E-state index contributed by atoms with van der Waals surface area (Å²) in [4.78, 5) is 80.7. The number of nitrogens with two attached hydrogens (primary N) is 6. The summed E-state index contributed by atoms with van der Waals surface area (Å²) in [6.45, 7) is 3.93. The van der Waals surface area contributed by atoms with Crippen molar-refractivity contribution in [2.75, 3.05) is 13.1 Å². The van der Waals surface area contributed by atoms with Crippen LogP contribution >= 0.6 is 0 Å². The van der Waals surface area contributed by atoms with Crippen LogP contribution in [0.3, 0.4) is 0 Å². The molecule has 1 aromatic rings. The molecule has 1 aromatic carbocycles. The number of hydrogen-bond donors (Lipinski definition) is 10. The number of rotatable bonds is 22. The molecule has 0 aliphatic carbocycles. The van der Waals surface area contributed by atoms with Gasteiger partial charge in [-0.3, -0.25) is 33.8 Å². The van der Waals surface area contributed by atoms with E-state index >= 15 is 0 Å². The van der Waals surface area contributed by atoms with Gasteiger partial charge >= 0.3 is 0 Å². The van der Waals surface area contributed by atoms with E-state index in [0.717, 1.165) is 5.56 Å². The molecule has 0 unspecified atom stereocenters. The van der Waals surface area contributed by atoms with Crippen LogP contribution in [0.4, 0.5) is 0 Å². The average Bonchev–Trinajstić information content (AvgIpc) is 3.00. The van der Waals surface area contributed by atoms with E-state index in [2.05, 4.69) is 26.3 Å². The molecular formula is C30H51N11O6. The maximum Gasteiger partial charge on any atom is 0.243 e. The van der Waals surface area contributed by atoms with Gasteiger partial charge in [-0.2, -0.15) is 0 Å². The molecule has 0 fully saturated rings. The van der Waals surface area contributed by atoms with Crippen LogP contribution in [0.2, 0.25) is 0 Å². The maximum atomic E-state index is 13.4. The van der Waals surface area contributed by atoms with Crippen LogP contribution in [0.1, 0.15) is 57.9 Å². The van der Waals surface area contributed by atoms with Crippen LogP contribution in [-0.4, -0.2) is 84.7 Å². The van der Waals surface area contributed by atoms with Crippen LogP contribution in [0.5, 0.6) is 0 Å². The fraction of sp³-hybridized carbons (Fsp3) is 0.567. The summed E-state index contributed by atoms with van der Waals surface area (Å²) < 4.78 is 0. The maximum absolute atomic E-state index is 13.4. The van der Waals surface area contributed by atoms with Crippen molar-refractivity contribution < 1.29 is 28.8 Å². The second-order valence-electron chi connectivity index (χ2n) is 11.5. The molecule has 0 radical (unpaired) electrons. The molecular weight excluding hydrogens is 610 g/mol. The van der Waals surface area contributed by atoms with Gasteiger partial charge in [-0.1, -0.05) is 44.2 Å². The molecule has 0 aromatic heterocycles. The van der Waals surface area contributed by atoms with Crippen molar-refractivity contribution in [3.8, 4) is 0 Å². The molecule has 1 rings (SSSR count). The van der Waals surface area contributed by atoms with Gasteiger partial charge < -0.3 is 55.7 Å². The number of nitrogens with one attached hydrogen (secondary N) is 4. The zero-order valence-corrected chi connectivity index (χ0v) is 27.1. The zero-order valence-electron chi connectivity index (χ0n) is 27.1. The van der Waals surface area contributed by atoms with Gasteiger partial charge in [-0.25, -0.2) is 0 Å². The Morgan fingerprint density at radius 3 is 1.87 bits per heavy atom. The average molecular weight is 662 g/mol. The van der Waals surface area contributed by atoms with Crippen molar-refractivity contribution in [1.29, 1.82) is 0 Å². The second kappa shape index (κ2) is 21.1. The molecule has 0 saturated carbocycles. The number of carbonyl (C=O) groups is 6. The van der Waals surface area contributed by atoms with Gasteiger partial charge in [0.2, 0.25) is 35.4 Å². The molecule has 0 bridgehead atoms. The fourth-order valence-electron chi connectivity index (χ4n) is 4.50. The number of carbonyl (C=O) groups excluding carboxylic acids is 6. The quantitative estimate of drug-likeness (QED) is 0.0335. The molecule has 17 nitrogen and oxygen atoms in total. The molecule has 0 saturated heterocycles. The number of benzene rings is 1. The van der Waals surface area contributed by atoms with Crippen molar-refractivity contribution in [2.45, 2.75) is 89.0 Å². The molecule has 17 heteroatoms. The Morgan fingerprint density at radius 1 is 0.723 bits per heavy atom. The van der Waals surface area contributed by atoms with Crippen molar-refractivity contribution in [3.05, 3.63) is 35.9 Å². The Morgan fingerprint density at radius 2 is 1.32 bits per heavy atom. The molecule has 16 N–H and O–H groups in total. The molecule has 0 spiro atoms. The van der Waals surface area contributed by atoms with E-state index in [4.69, 9.17) is 34.4 Å². The van der Waals surface area contributed by atoms with Crippen LogP contribution in [0, 0.1) is 5.92 Å². The van der Waals surface area contributed by atoms with Gasteiger partial charge in [0.05, 0.1) is 12.5 Å². The predicted octanol–water partition coefficient (Wildman–Crippen LogP) is -3.31. The largest absolute Gasteiger partial charge is 0.370 e. The van der Waals surface area contributed by atoms with Crippen LogP contribution in [0.15, 0.2) is 35.3 Å². The summed E-state index contributed by atoms with van der Waals surface area (Å²) in [6.07, 6.45) is 1.33. The molecule has 5 atom stereocenters. The lowest BCUT2D eigenvalue weighted by Gasteiger charge is -2.27. The van der Waals surface area contributed by atoms with Crippen LogP contribution in [0.25, 0.3) is 0 Å². The topological polar surface area (TPSA) is 319 Å². The van der Waals surface area contributed by atoms with E-state index in [1.165, 1.54) is 0 Å². The fourth-order valence-corrected chi connectivity index (χ4v) is 4.50. The minimum absolute atomic E-state index is 0.0903. The highest BCUT2D eigenvalue weighted by Gasteiger charge is 2.33. The third kappa shape index (κ3) is 15.9. The Labute approximate surface area is 274 Å². The predicted molar refractivity (Wildman–Crippen MR) is 177 cm³/mol. The molecule has 0 aliphatic rings. The summed E-state index contributed by atoms with van der Waals surface area (Å²) in [6, 6.07) is 3.06. The lowest BCUT2D eigenvalue weighted by Crippen LogP contribution is -2.60. The number of amides is 6. The molecule has 6 amide bonds. The normalized spacial score (nSPS) is 14.1. The first-order chi connectivity index (χ1) is 22.2. The van der Waals surface area contributed by atoms with Crippen LogP contribution < -0.4 is 55.7 Å². The molecule has 0 heterocycles. The van der Waals surface area contributed by atoms with E-state index in [-0.39, 0.29) is 31.8 Å². The third-order valence-corrected chi connectivity index (χ3v) is 7.11. The monoisotopic (exact) mass is 661 g/mol. The van der Waals surface area contributed by atoms with Crippen molar-refractivity contribution >= 4 is 41.4 Å². The number of guanidine groups is 1. The summed E-state index contributed by atoms with van der Waals surface area (Å²) in [7, 11) is 0. The molecule has 0 aliphatic heterocycles. The van der Waals surface area contributed by atoms with Crippen molar-refractivity contribution in [1.82, 2.24) is 21.3 Å². The highest BCUT2D eigenvalue weighted by molar-refractivity contribution is 5.97. The Balaban J connectivity index is 3.06. The van der Waals surface area contributed by atoms with Crippen LogP contribution in [-0.2, 0) is 35.2 Å². The van der Waals surface area contributed by atoms with Gasteiger partial charge in [-0.15, -0.1) is 0 Å². The number of nitrogens with zero attached hydrogens (tertiary/aromatic N) is 1. The van der Waals surface area contributed by atoms with Crippen molar-refractivity contribution in [2.24, 2.45) is 45.3 Å². The third-order valence-electron chi connectivity index (χ3n) is 7.11. The number of primary amides is 2. The highest BCUT2D eigenvalue weighted by atomic mass is 16.2. The first kappa shape index (κ1) is 40.3. The summed E-state index contributed by atoms with van der Waals surface area (Å²) in [5.74, 6) is -5.21. The summed E-state index contributed by atoms with van der Waals surface area (Å²) in [5.41, 5.74) is 33.8. The minimum atomic E-state index is -1.49. The van der Waals surface area contributed by atoms with Gasteiger partial charge in [-0.05, 0) is 50.1 Å². The smallest absolute Gasteiger partial charge is 0.243 e. The SMILES string of the molecule is CC(C)[C@H](NC(=O)[C@H](CC(N)=O)NC(=O)[C@H](CCCCN)NC(=O)[C@H](N)CCCN=C(N)N)C(=O)N[C@H](Cc1ccccc1)C(N)=O. The van der Waals surface area contributed by atoms with E-state index in [1.54, 1.807) is 44.2 Å². The lowest BCUT2D eigenvalue weighted by atomic mass is 10.00. The van der Waals surface area contributed by atoms with Gasteiger partial charge in [0.1, 0.15) is 24.2 Å². The van der Waals surface area contributed by atoms with Crippen molar-refractivity contribution in [3.63, 3.8) is 0 Å². The minimum Gasteiger partial charge on any atom is -0.370 e. The Bertz CT molecular complexity index is 1220. The standard InChI is InChI=1S/C30H51N11O6/c1-17(2)24(29(47)39-21(25(34)43)15-18-9-4-3-5-10-18)41-28(46)22(16-23(33)42)40-27(45)20(12-6-7-13-31)38-26(44)19(32)11-8-14-37-30(35)36/h3-5,9-10,17,19-22,24H,6-8,11-16,31-32H2,1-2H3,(H2,33,42)(H2,34,43)(H,38,44)(H,39,47)(H,40,45)(H,41,46)(H4,35,36,37)/t19-,20+,21-,22+,24+/m1/s1.